The Morgan fingerprint density at radius 2 is 2.62 bits per heavy atom. The minimum Gasteiger partial charge on any atom is -0.481 e. The van der Waals surface area contributed by atoms with E-state index in [2.05, 4.69) is 14.6 Å². The molecule has 0 aromatic heterocycles. The van der Waals surface area contributed by atoms with Gasteiger partial charge in [0.15, 0.2) is 11.5 Å². The van der Waals surface area contributed by atoms with E-state index in [1.807, 2.05) is 0 Å². The number of rotatable bonds is 2. The minimum absolute atomic E-state index is 0.520. The summed E-state index contributed by atoms with van der Waals surface area (Å²) in [5.41, 5.74) is -0.857. The first-order valence-corrected chi connectivity index (χ1v) is 3.22. The van der Waals surface area contributed by atoms with Gasteiger partial charge >= 0.3 is 5.97 Å². The molecule has 1 aliphatic rings. The van der Waals surface area contributed by atoms with Crippen LogP contribution in [-0.2, 0) is 11.2 Å². The fraction of sp³-hybridized carbons (Fsp3) is 0.222. The second-order valence-corrected chi connectivity index (χ2v) is 2.11. The highest BCUT2D eigenvalue weighted by Crippen LogP contribution is 2.32. The van der Waals surface area contributed by atoms with Gasteiger partial charge in [-0.15, -0.1) is 0 Å². The molecular formula is C9H8O4. The number of carboxylic acids is 1. The van der Waals surface area contributed by atoms with Gasteiger partial charge in [-0.2, -0.15) is 0 Å². The van der Waals surface area contributed by atoms with Crippen molar-refractivity contribution in [2.75, 3.05) is 6.75 Å². The summed E-state index contributed by atoms with van der Waals surface area (Å²) >= 11 is 0. The van der Waals surface area contributed by atoms with E-state index in [-0.39, 0.29) is 0 Å². The molecule has 0 spiro atoms. The fourth-order valence-corrected chi connectivity index (χ4v) is 0.790. The van der Waals surface area contributed by atoms with Crippen LogP contribution in [0, 0.1) is 0 Å². The smallest absolute Gasteiger partial charge is 0.307 e. The monoisotopic (exact) mass is 188 g/mol. The van der Waals surface area contributed by atoms with Crippen LogP contribution in [0.15, 0.2) is 18.1 Å². The molecule has 1 aromatic rings. The lowest BCUT2D eigenvalue weighted by Crippen LogP contribution is -1.99. The molecule has 13 heavy (non-hydrogen) atoms. The molecule has 0 aliphatic carbocycles. The average Bonchev–Trinajstić information content (AvgIpc) is 2.71. The lowest BCUT2D eigenvalue weighted by Gasteiger charge is -1.98. The third kappa shape index (κ3) is 1.56. The van der Waals surface area contributed by atoms with Crippen molar-refractivity contribution in [1.82, 2.24) is 0 Å². The van der Waals surface area contributed by atoms with Gasteiger partial charge in [0.2, 0.25) is 6.75 Å². The second-order valence-electron chi connectivity index (χ2n) is 2.11. The van der Waals surface area contributed by atoms with E-state index in [0.717, 1.165) is 0 Å². The quantitative estimate of drug-likeness (QED) is 0.753. The molecule has 0 bridgehead atoms. The highest BCUT2D eigenvalue weighted by Gasteiger charge is 2.13. The Morgan fingerprint density at radius 1 is 1.77 bits per heavy atom. The Morgan fingerprint density at radius 3 is 3.46 bits per heavy atom. The number of carbonyl (C=O) groups is 1. The van der Waals surface area contributed by atoms with Crippen LogP contribution in [0.2, 0.25) is 0 Å². The first kappa shape index (κ1) is 2.90. The van der Waals surface area contributed by atoms with Crippen LogP contribution < -0.4 is 9.47 Å². The number of ether oxygens (including phenoxy) is 2. The van der Waals surface area contributed by atoms with Crippen LogP contribution in [-0.4, -0.2) is 17.8 Å². The minimum atomic E-state index is -3.04. The zero-order valence-corrected chi connectivity index (χ0v) is 6.13. The normalized spacial score (nSPS) is 26.5. The van der Waals surface area contributed by atoms with E-state index < -0.39 is 54.3 Å². The molecule has 0 amide bonds. The molecule has 0 saturated heterocycles. The molecule has 0 saturated carbocycles. The van der Waals surface area contributed by atoms with Gasteiger partial charge < -0.3 is 14.6 Å². The molecular weight excluding hydrogens is 172 g/mol. The Kier molecular flexibility index (Phi) is 0.664. The van der Waals surface area contributed by atoms with Crippen molar-refractivity contribution in [3.63, 3.8) is 0 Å². The van der Waals surface area contributed by atoms with E-state index in [4.69, 9.17) is 11.0 Å². The summed E-state index contributed by atoms with van der Waals surface area (Å²) in [6.45, 7) is -2.67. The molecule has 2 rings (SSSR count). The lowest BCUT2D eigenvalue weighted by atomic mass is 10.1. The topological polar surface area (TPSA) is 55.8 Å². The Hall–Kier alpha value is -1.71. The first-order chi connectivity index (χ1) is 9.53. The standard InChI is InChI=1S/C9H8O4/c10-9(11)4-6-1-2-7-8(3-6)13-5-12-7/h1-3H,4-5H2,(H,10,11)/i1D,2D,3D,4D2,5D2/hD. The van der Waals surface area contributed by atoms with Crippen molar-refractivity contribution in [3.8, 4) is 11.5 Å². The summed E-state index contributed by atoms with van der Waals surface area (Å²) in [4.78, 5) is 11.3. The number of carboxylic acid groups (broad SMARTS) is 1. The molecule has 1 aliphatic heterocycles. The molecule has 4 nitrogen and oxygen atoms in total. The highest BCUT2D eigenvalue weighted by atomic mass is 16.7. The van der Waals surface area contributed by atoms with Crippen molar-refractivity contribution in [1.29, 1.82) is 1.43 Å². The fourth-order valence-electron chi connectivity index (χ4n) is 0.790. The van der Waals surface area contributed by atoms with Crippen molar-refractivity contribution in [3.05, 3.63) is 23.7 Å². The van der Waals surface area contributed by atoms with Crippen LogP contribution in [0.25, 0.3) is 1.43 Å². The number of aliphatic carboxylic acids is 1. The van der Waals surface area contributed by atoms with Gasteiger partial charge in [-0.05, 0) is 17.6 Å². The van der Waals surface area contributed by atoms with Crippen LogP contribution in [0.4, 0.5) is 0 Å². The van der Waals surface area contributed by atoms with E-state index in [1.165, 1.54) is 0 Å². The molecule has 1 N–H and O–H groups in total. The second kappa shape index (κ2) is 2.97. The van der Waals surface area contributed by atoms with E-state index in [1.54, 1.807) is 0 Å². The molecule has 0 radical (unpaired) electrons. The summed E-state index contributed by atoms with van der Waals surface area (Å²) in [5.74, 6) is -2.78. The number of hydrogen-bond acceptors (Lipinski definition) is 4. The van der Waals surface area contributed by atoms with Gasteiger partial charge in [-0.3, -0.25) is 4.79 Å². The van der Waals surface area contributed by atoms with Crippen LogP contribution >= 0.6 is 0 Å². The Balaban J connectivity index is 2.72. The van der Waals surface area contributed by atoms with Gasteiger partial charge in [0.25, 0.3) is 1.43 Å². The lowest BCUT2D eigenvalue weighted by molar-refractivity contribution is -0.136. The summed E-state index contributed by atoms with van der Waals surface area (Å²) in [5, 5.41) is 3.54. The van der Waals surface area contributed by atoms with E-state index in [9.17, 15) is 4.79 Å². The van der Waals surface area contributed by atoms with Crippen molar-refractivity contribution in [2.24, 2.45) is 0 Å². The Bertz CT molecular complexity index is 629. The molecule has 1 heterocycles. The van der Waals surface area contributed by atoms with E-state index >= 15 is 0 Å². The van der Waals surface area contributed by atoms with Gasteiger partial charge in [0, 0.05) is 2.74 Å². The number of benzene rings is 1. The zero-order valence-electron chi connectivity index (χ0n) is 14.1. The Labute approximate surface area is 86.0 Å². The maximum absolute atomic E-state index is 11.3. The SMILES string of the molecule is [2H]OC(=O)C([2H])([2H])c1c([2H])c([2H])c2c(c1[2H])OC([2H])([2H])O2. The maximum Gasteiger partial charge on any atom is 0.307 e. The summed E-state index contributed by atoms with van der Waals surface area (Å²) in [6, 6.07) is -2.41. The maximum atomic E-state index is 11.3. The zero-order chi connectivity index (χ0) is 16.2. The molecule has 1 aromatic carbocycles. The van der Waals surface area contributed by atoms with Crippen LogP contribution in [0.3, 0.4) is 0 Å². The number of fused-ring (bicyclic) bond motifs is 1. The predicted octanol–water partition coefficient (Wildman–Crippen LogP) is 1.04. The molecule has 0 atom stereocenters. The van der Waals surface area contributed by atoms with Crippen molar-refractivity contribution in [2.45, 2.75) is 6.37 Å². The predicted molar refractivity (Wildman–Crippen MR) is 43.9 cm³/mol. The van der Waals surface area contributed by atoms with Gasteiger partial charge in [0.1, 0.15) is 2.74 Å². The third-order valence-electron chi connectivity index (χ3n) is 1.26. The molecule has 4 heteroatoms. The van der Waals surface area contributed by atoms with Crippen LogP contribution in [0.5, 0.6) is 11.5 Å². The van der Waals surface area contributed by atoms with Crippen LogP contribution in [0.1, 0.15) is 15.2 Å². The third-order valence-corrected chi connectivity index (χ3v) is 1.26. The number of hydrogen-bond donors (Lipinski definition) is 1. The average molecular weight is 188 g/mol. The van der Waals surface area contributed by atoms with Gasteiger partial charge in [0.05, 0.1) is 10.5 Å². The highest BCUT2D eigenvalue weighted by molar-refractivity contribution is 5.70. The molecule has 0 unspecified atom stereocenters. The molecule has 0 fully saturated rings. The van der Waals surface area contributed by atoms with Gasteiger partial charge in [-0.1, -0.05) is 6.04 Å². The summed E-state index contributed by atoms with van der Waals surface area (Å²) in [6.07, 6.45) is -3.04. The first-order valence-electron chi connectivity index (χ1n) is 7.13. The molecule has 68 valence electrons. The largest absolute Gasteiger partial charge is 0.481 e. The van der Waals surface area contributed by atoms with Crippen molar-refractivity contribution >= 4 is 5.97 Å². The van der Waals surface area contributed by atoms with Gasteiger partial charge in [-0.25, -0.2) is 0 Å². The van der Waals surface area contributed by atoms with Crippen molar-refractivity contribution < 1.29 is 29.0 Å². The summed E-state index contributed by atoms with van der Waals surface area (Å²) < 4.78 is 68.6. The summed E-state index contributed by atoms with van der Waals surface area (Å²) in [7, 11) is 0. The van der Waals surface area contributed by atoms with E-state index in [0.29, 0.717) is 0 Å².